The van der Waals surface area contributed by atoms with Gasteiger partial charge < -0.3 is 4.74 Å². The van der Waals surface area contributed by atoms with E-state index >= 15 is 0 Å². The quantitative estimate of drug-likeness (QED) is 0.540. The van der Waals surface area contributed by atoms with Gasteiger partial charge in [0.15, 0.2) is 32.9 Å². The molecule has 3 rings (SSSR count). The number of ether oxygens (including phenoxy) is 1. The van der Waals surface area contributed by atoms with Gasteiger partial charge in [-0.15, -0.1) is 0 Å². The van der Waals surface area contributed by atoms with Gasteiger partial charge in [-0.05, 0) is 37.3 Å². The second kappa shape index (κ2) is 7.12. The predicted molar refractivity (Wildman–Crippen MR) is 94.5 cm³/mol. The molecule has 26 heavy (non-hydrogen) atoms. The van der Waals surface area contributed by atoms with E-state index in [0.717, 1.165) is 19.1 Å². The van der Waals surface area contributed by atoms with E-state index in [1.165, 1.54) is 12.1 Å². The molecule has 2 saturated carbocycles. The summed E-state index contributed by atoms with van der Waals surface area (Å²) in [6.07, 6.45) is 3.81. The number of carbonyl (C=O) groups excluding carboxylic acids is 3. The van der Waals surface area contributed by atoms with Gasteiger partial charge in [0.05, 0.1) is 11.6 Å². The van der Waals surface area contributed by atoms with Gasteiger partial charge in [-0.25, -0.2) is 8.42 Å². The topological polar surface area (TPSA) is 94.6 Å². The highest BCUT2D eigenvalue weighted by atomic mass is 35.5. The van der Waals surface area contributed by atoms with E-state index in [1.54, 1.807) is 0 Å². The standard InChI is InChI=1S/C18H19ClO6S/c1-26(23,24)14-8-7-11(16(19)18(14)25-9-10-5-6-10)17(22)15-12(20)3-2-4-13(15)21/h7-8,10,15H,2-6,9H2,1H3. The van der Waals surface area contributed by atoms with Crippen LogP contribution in [-0.2, 0) is 19.4 Å². The fourth-order valence-electron chi connectivity index (χ4n) is 2.99. The molecule has 6 nitrogen and oxygen atoms in total. The number of sulfone groups is 1. The molecule has 2 aliphatic rings. The Morgan fingerprint density at radius 2 is 1.81 bits per heavy atom. The number of carbonyl (C=O) groups is 3. The van der Waals surface area contributed by atoms with Crippen LogP contribution < -0.4 is 4.74 Å². The Hall–Kier alpha value is -1.73. The molecule has 0 aromatic heterocycles. The van der Waals surface area contributed by atoms with E-state index < -0.39 is 33.1 Å². The summed E-state index contributed by atoms with van der Waals surface area (Å²) in [6, 6.07) is 2.49. The van der Waals surface area contributed by atoms with Crippen LogP contribution in [0.4, 0.5) is 0 Å². The van der Waals surface area contributed by atoms with Crippen LogP contribution in [0.25, 0.3) is 0 Å². The van der Waals surface area contributed by atoms with Crippen molar-refractivity contribution in [1.82, 2.24) is 0 Å². The first-order valence-electron chi connectivity index (χ1n) is 8.45. The van der Waals surface area contributed by atoms with Crippen molar-refractivity contribution in [2.24, 2.45) is 11.8 Å². The van der Waals surface area contributed by atoms with Gasteiger partial charge in [0.2, 0.25) is 0 Å². The molecule has 2 aliphatic carbocycles. The number of ketones is 3. The van der Waals surface area contributed by atoms with Crippen molar-refractivity contribution in [3.8, 4) is 5.75 Å². The smallest absolute Gasteiger partial charge is 0.182 e. The number of halogens is 1. The molecule has 8 heteroatoms. The molecular weight excluding hydrogens is 380 g/mol. The first kappa shape index (κ1) is 19.0. The highest BCUT2D eigenvalue weighted by molar-refractivity contribution is 7.90. The minimum atomic E-state index is -3.63. The van der Waals surface area contributed by atoms with Gasteiger partial charge >= 0.3 is 0 Å². The van der Waals surface area contributed by atoms with Crippen molar-refractivity contribution >= 4 is 38.8 Å². The average Bonchev–Trinajstić information content (AvgIpc) is 3.36. The molecule has 0 saturated heterocycles. The molecule has 0 aliphatic heterocycles. The molecular formula is C18H19ClO6S. The van der Waals surface area contributed by atoms with Crippen LogP contribution in [0.1, 0.15) is 42.5 Å². The largest absolute Gasteiger partial charge is 0.490 e. The van der Waals surface area contributed by atoms with E-state index in [0.29, 0.717) is 18.9 Å². The Kier molecular flexibility index (Phi) is 5.21. The van der Waals surface area contributed by atoms with Crippen molar-refractivity contribution in [3.63, 3.8) is 0 Å². The zero-order valence-corrected chi connectivity index (χ0v) is 15.9. The minimum absolute atomic E-state index is 0.0570. The van der Waals surface area contributed by atoms with Gasteiger partial charge in [0.25, 0.3) is 0 Å². The van der Waals surface area contributed by atoms with Gasteiger partial charge in [-0.1, -0.05) is 11.6 Å². The summed E-state index contributed by atoms with van der Waals surface area (Å²) in [5.41, 5.74) is -0.0570. The highest BCUT2D eigenvalue weighted by Gasteiger charge is 2.38. The molecule has 1 aromatic rings. The van der Waals surface area contributed by atoms with E-state index in [4.69, 9.17) is 16.3 Å². The number of hydrogen-bond donors (Lipinski definition) is 0. The number of benzene rings is 1. The molecule has 0 spiro atoms. The maximum atomic E-state index is 12.8. The minimum Gasteiger partial charge on any atom is -0.490 e. The Morgan fingerprint density at radius 1 is 1.19 bits per heavy atom. The van der Waals surface area contributed by atoms with Crippen molar-refractivity contribution in [2.75, 3.05) is 12.9 Å². The monoisotopic (exact) mass is 398 g/mol. The predicted octanol–water partition coefficient (Wildman–Crippen LogP) is 2.65. The van der Waals surface area contributed by atoms with E-state index in [-0.39, 0.29) is 34.1 Å². The van der Waals surface area contributed by atoms with Crippen LogP contribution in [0.3, 0.4) is 0 Å². The van der Waals surface area contributed by atoms with Gasteiger partial charge in [-0.3, -0.25) is 14.4 Å². The Balaban J connectivity index is 2.01. The number of Topliss-reactive ketones (excluding diaryl/α,β-unsaturated/α-hetero) is 3. The average molecular weight is 399 g/mol. The molecule has 0 heterocycles. The Labute approximate surface area is 156 Å². The van der Waals surface area contributed by atoms with Gasteiger partial charge in [-0.2, -0.15) is 0 Å². The van der Waals surface area contributed by atoms with Crippen molar-refractivity contribution in [3.05, 3.63) is 22.7 Å². The SMILES string of the molecule is CS(=O)(=O)c1ccc(C(=O)C2C(=O)CCCC2=O)c(Cl)c1OCC1CC1. The van der Waals surface area contributed by atoms with E-state index in [9.17, 15) is 22.8 Å². The van der Waals surface area contributed by atoms with Crippen molar-refractivity contribution in [2.45, 2.75) is 37.0 Å². The second-order valence-corrected chi connectivity index (χ2v) is 9.23. The Morgan fingerprint density at radius 3 is 2.35 bits per heavy atom. The summed E-state index contributed by atoms with van der Waals surface area (Å²) in [5.74, 6) is -2.63. The number of hydrogen-bond acceptors (Lipinski definition) is 6. The van der Waals surface area contributed by atoms with Crippen molar-refractivity contribution in [1.29, 1.82) is 0 Å². The summed E-state index contributed by atoms with van der Waals surface area (Å²) in [5, 5.41) is -0.162. The van der Waals surface area contributed by atoms with Crippen molar-refractivity contribution < 1.29 is 27.5 Å². The molecule has 0 unspecified atom stereocenters. The first-order valence-corrected chi connectivity index (χ1v) is 10.7. The summed E-state index contributed by atoms with van der Waals surface area (Å²) in [7, 11) is -3.63. The second-order valence-electron chi connectivity index (χ2n) is 6.86. The van der Waals surface area contributed by atoms with Gasteiger partial charge in [0.1, 0.15) is 10.8 Å². The fraction of sp³-hybridized carbons (Fsp3) is 0.500. The summed E-state index contributed by atoms with van der Waals surface area (Å²) in [6.45, 7) is 0.307. The third-order valence-electron chi connectivity index (χ3n) is 4.64. The van der Waals surface area contributed by atoms with Gasteiger partial charge in [0, 0.05) is 24.7 Å². The highest BCUT2D eigenvalue weighted by Crippen LogP contribution is 2.39. The normalized spacial score (nSPS) is 18.8. The summed E-state index contributed by atoms with van der Waals surface area (Å²) in [4.78, 5) is 36.8. The van der Waals surface area contributed by atoms with Crippen LogP contribution in [0.2, 0.25) is 5.02 Å². The molecule has 0 atom stereocenters. The van der Waals surface area contributed by atoms with E-state index in [1.807, 2.05) is 0 Å². The molecule has 0 radical (unpaired) electrons. The van der Waals surface area contributed by atoms with Crippen LogP contribution in [0, 0.1) is 11.8 Å². The molecule has 0 N–H and O–H groups in total. The lowest BCUT2D eigenvalue weighted by atomic mass is 9.81. The first-order chi connectivity index (χ1) is 12.2. The zero-order chi connectivity index (χ0) is 19.1. The lowest BCUT2D eigenvalue weighted by molar-refractivity contribution is -0.133. The lowest BCUT2D eigenvalue weighted by Gasteiger charge is -2.20. The summed E-state index contributed by atoms with van der Waals surface area (Å²) >= 11 is 6.30. The van der Waals surface area contributed by atoms with Crippen LogP contribution in [0.5, 0.6) is 5.75 Å². The van der Waals surface area contributed by atoms with E-state index in [2.05, 4.69) is 0 Å². The third-order valence-corrected chi connectivity index (χ3v) is 6.13. The van der Waals surface area contributed by atoms with Crippen LogP contribution >= 0.6 is 11.6 Å². The number of rotatable bonds is 6. The molecule has 2 fully saturated rings. The molecule has 1 aromatic carbocycles. The Bertz CT molecular complexity index is 869. The molecule has 0 amide bonds. The maximum absolute atomic E-state index is 12.8. The fourth-order valence-corrected chi connectivity index (χ4v) is 4.18. The van der Waals surface area contributed by atoms with Crippen LogP contribution in [0.15, 0.2) is 17.0 Å². The third kappa shape index (κ3) is 3.83. The molecule has 0 bridgehead atoms. The maximum Gasteiger partial charge on any atom is 0.182 e. The summed E-state index contributed by atoms with van der Waals surface area (Å²) < 4.78 is 29.7. The van der Waals surface area contributed by atoms with Crippen LogP contribution in [-0.4, -0.2) is 38.6 Å². The molecule has 140 valence electrons. The zero-order valence-electron chi connectivity index (χ0n) is 14.3. The lowest BCUT2D eigenvalue weighted by Crippen LogP contribution is -2.35.